The highest BCUT2D eigenvalue weighted by atomic mass is 19.3. The molecule has 0 saturated heterocycles. The van der Waals surface area contributed by atoms with Gasteiger partial charge in [-0.2, -0.15) is 0 Å². The molecule has 0 aromatic heterocycles. The molecule has 0 fully saturated rings. The van der Waals surface area contributed by atoms with Crippen LogP contribution in [0.15, 0.2) is 18.2 Å². The Labute approximate surface area is 80.7 Å². The molecule has 0 spiro atoms. The second-order valence-electron chi connectivity index (χ2n) is 3.18. The van der Waals surface area contributed by atoms with Crippen molar-refractivity contribution in [2.24, 2.45) is 5.73 Å². The summed E-state index contributed by atoms with van der Waals surface area (Å²) in [6.45, 7) is 1.29. The number of nitrogens with two attached hydrogens (primary N) is 1. The monoisotopic (exact) mass is 203 g/mol. The smallest absolute Gasteiger partial charge is 0.277 e. The number of halogens is 3. The molecule has 0 aliphatic carbocycles. The molecule has 1 rings (SSSR count). The Morgan fingerprint density at radius 3 is 2.57 bits per heavy atom. The maximum atomic E-state index is 13.3. The van der Waals surface area contributed by atoms with E-state index in [0.29, 0.717) is 0 Å². The third kappa shape index (κ3) is 2.07. The van der Waals surface area contributed by atoms with E-state index in [2.05, 4.69) is 0 Å². The van der Waals surface area contributed by atoms with E-state index in [0.717, 1.165) is 6.07 Å². The number of hydrogen-bond donors (Lipinski definition) is 1. The highest BCUT2D eigenvalue weighted by Crippen LogP contribution is 2.33. The Balaban J connectivity index is 3.12. The molecule has 0 amide bonds. The number of benzene rings is 1. The summed E-state index contributed by atoms with van der Waals surface area (Å²) in [6, 6.07) is 3.97. The second-order valence-corrected chi connectivity index (χ2v) is 3.18. The van der Waals surface area contributed by atoms with Gasteiger partial charge >= 0.3 is 0 Å². The first-order chi connectivity index (χ1) is 6.49. The molecule has 78 valence electrons. The second kappa shape index (κ2) is 4.00. The van der Waals surface area contributed by atoms with E-state index in [4.69, 9.17) is 5.73 Å². The molecule has 14 heavy (non-hydrogen) atoms. The van der Waals surface area contributed by atoms with Crippen LogP contribution < -0.4 is 5.73 Å². The number of hydrogen-bond acceptors (Lipinski definition) is 1. The topological polar surface area (TPSA) is 26.0 Å². The predicted octanol–water partition coefficient (Wildman–Crippen LogP) is 2.57. The van der Waals surface area contributed by atoms with Crippen LogP contribution in [0.4, 0.5) is 13.2 Å². The molecule has 0 saturated carbocycles. The first-order valence-corrected chi connectivity index (χ1v) is 4.32. The van der Waals surface area contributed by atoms with Crippen LogP contribution >= 0.6 is 0 Å². The summed E-state index contributed by atoms with van der Waals surface area (Å²) in [5, 5.41) is 0. The van der Waals surface area contributed by atoms with Gasteiger partial charge in [-0.1, -0.05) is 18.2 Å². The first kappa shape index (κ1) is 11.0. The van der Waals surface area contributed by atoms with Gasteiger partial charge in [-0.05, 0) is 19.0 Å². The summed E-state index contributed by atoms with van der Waals surface area (Å²) in [7, 11) is 0. The molecule has 0 heterocycles. The van der Waals surface area contributed by atoms with E-state index in [1.54, 1.807) is 0 Å². The number of rotatable bonds is 3. The summed E-state index contributed by atoms with van der Waals surface area (Å²) < 4.78 is 39.9. The fraction of sp³-hybridized carbons (Fsp3) is 0.400. The lowest BCUT2D eigenvalue weighted by Gasteiger charge is -2.17. The quantitative estimate of drug-likeness (QED) is 0.802. The average Bonchev–Trinajstić information content (AvgIpc) is 2.09. The van der Waals surface area contributed by atoms with Gasteiger partial charge < -0.3 is 5.73 Å². The average molecular weight is 203 g/mol. The Morgan fingerprint density at radius 1 is 1.36 bits per heavy atom. The molecule has 1 nitrogen and oxygen atoms in total. The zero-order valence-corrected chi connectivity index (χ0v) is 7.86. The van der Waals surface area contributed by atoms with Gasteiger partial charge in [0.15, 0.2) is 0 Å². The largest absolute Gasteiger partial charge is 0.330 e. The minimum Gasteiger partial charge on any atom is -0.330 e. The van der Waals surface area contributed by atoms with Crippen molar-refractivity contribution in [3.63, 3.8) is 0 Å². The van der Waals surface area contributed by atoms with Gasteiger partial charge in [0, 0.05) is 6.42 Å². The molecule has 0 bridgehead atoms. The summed E-state index contributed by atoms with van der Waals surface area (Å²) in [5.74, 6) is -4.02. The normalized spacial score (nSPS) is 11.8. The summed E-state index contributed by atoms with van der Waals surface area (Å²) >= 11 is 0. The van der Waals surface area contributed by atoms with E-state index in [9.17, 15) is 13.2 Å². The fourth-order valence-corrected chi connectivity index (χ4v) is 1.25. The van der Waals surface area contributed by atoms with Gasteiger partial charge in [-0.3, -0.25) is 0 Å². The summed E-state index contributed by atoms with van der Waals surface area (Å²) in [5.41, 5.74) is 4.69. The number of alkyl halides is 2. The summed E-state index contributed by atoms with van der Waals surface area (Å²) in [4.78, 5) is 0. The summed E-state index contributed by atoms with van der Waals surface area (Å²) in [6.07, 6.45) is -0.534. The van der Waals surface area contributed by atoms with E-state index < -0.39 is 23.7 Å². The van der Waals surface area contributed by atoms with Crippen LogP contribution in [0.1, 0.15) is 17.5 Å². The minimum atomic E-state index is -3.18. The van der Waals surface area contributed by atoms with E-state index >= 15 is 0 Å². The number of aryl methyl sites for hydroxylation is 1. The van der Waals surface area contributed by atoms with Crippen LogP contribution in [0, 0.1) is 12.7 Å². The molecule has 0 radical (unpaired) electrons. The molecule has 4 heteroatoms. The molecule has 1 aromatic rings. The Hall–Kier alpha value is -1.03. The van der Waals surface area contributed by atoms with Gasteiger partial charge in [0.2, 0.25) is 0 Å². The van der Waals surface area contributed by atoms with Crippen molar-refractivity contribution in [2.45, 2.75) is 19.3 Å². The van der Waals surface area contributed by atoms with Crippen LogP contribution in [0.3, 0.4) is 0 Å². The standard InChI is InChI=1S/C10H12F3N/c1-7-3-2-4-8(9(7)11)10(12,13)5-6-14/h2-4H,5-6,14H2,1H3. The SMILES string of the molecule is Cc1cccc(C(F)(F)CCN)c1F. The first-order valence-electron chi connectivity index (χ1n) is 4.32. The van der Waals surface area contributed by atoms with Gasteiger partial charge in [-0.25, -0.2) is 13.2 Å². The van der Waals surface area contributed by atoms with E-state index in [1.807, 2.05) is 0 Å². The molecule has 0 atom stereocenters. The maximum Gasteiger partial charge on any atom is 0.277 e. The van der Waals surface area contributed by atoms with E-state index in [-0.39, 0.29) is 12.1 Å². The minimum absolute atomic E-state index is 0.166. The fourth-order valence-electron chi connectivity index (χ4n) is 1.25. The van der Waals surface area contributed by atoms with Crippen molar-refractivity contribution in [1.29, 1.82) is 0 Å². The highest BCUT2D eigenvalue weighted by Gasteiger charge is 2.33. The van der Waals surface area contributed by atoms with Gasteiger partial charge in [0.25, 0.3) is 5.92 Å². The van der Waals surface area contributed by atoms with E-state index in [1.165, 1.54) is 19.1 Å². The van der Waals surface area contributed by atoms with Crippen molar-refractivity contribution >= 4 is 0 Å². The third-order valence-corrected chi connectivity index (χ3v) is 2.04. The highest BCUT2D eigenvalue weighted by molar-refractivity contribution is 5.28. The Bertz CT molecular complexity index is 323. The van der Waals surface area contributed by atoms with Crippen LogP contribution in [0.25, 0.3) is 0 Å². The lowest BCUT2D eigenvalue weighted by atomic mass is 10.0. The van der Waals surface area contributed by atoms with Crippen LogP contribution in [0.2, 0.25) is 0 Å². The third-order valence-electron chi connectivity index (χ3n) is 2.04. The molecule has 1 aromatic carbocycles. The maximum absolute atomic E-state index is 13.3. The zero-order chi connectivity index (χ0) is 10.8. The Kier molecular flexibility index (Phi) is 3.16. The zero-order valence-electron chi connectivity index (χ0n) is 7.86. The Morgan fingerprint density at radius 2 is 2.00 bits per heavy atom. The molecular weight excluding hydrogens is 191 g/mol. The lowest BCUT2D eigenvalue weighted by Crippen LogP contribution is -2.20. The molecular formula is C10H12F3N. The lowest BCUT2D eigenvalue weighted by molar-refractivity contribution is -0.0142. The van der Waals surface area contributed by atoms with Crippen molar-refractivity contribution in [3.05, 3.63) is 35.1 Å². The van der Waals surface area contributed by atoms with Crippen LogP contribution in [-0.4, -0.2) is 6.54 Å². The van der Waals surface area contributed by atoms with Crippen LogP contribution in [-0.2, 0) is 5.92 Å². The molecule has 0 aliphatic heterocycles. The van der Waals surface area contributed by atoms with Crippen molar-refractivity contribution in [2.75, 3.05) is 6.54 Å². The molecule has 2 N–H and O–H groups in total. The van der Waals surface area contributed by atoms with Gasteiger partial charge in [0.1, 0.15) is 5.82 Å². The van der Waals surface area contributed by atoms with Crippen molar-refractivity contribution in [3.8, 4) is 0 Å². The van der Waals surface area contributed by atoms with Crippen LogP contribution in [0.5, 0.6) is 0 Å². The van der Waals surface area contributed by atoms with Crippen molar-refractivity contribution in [1.82, 2.24) is 0 Å². The molecule has 0 unspecified atom stereocenters. The van der Waals surface area contributed by atoms with Gasteiger partial charge in [0.05, 0.1) is 5.56 Å². The van der Waals surface area contributed by atoms with Crippen molar-refractivity contribution < 1.29 is 13.2 Å². The predicted molar refractivity (Wildman–Crippen MR) is 48.7 cm³/mol. The van der Waals surface area contributed by atoms with Gasteiger partial charge in [-0.15, -0.1) is 0 Å². The molecule has 0 aliphatic rings.